The van der Waals surface area contributed by atoms with Gasteiger partial charge in [0.2, 0.25) is 0 Å². The minimum atomic E-state index is -0.262. The number of nitrogens with one attached hydrogen (secondary N) is 1. The average molecular weight is 261 g/mol. The fourth-order valence-corrected chi connectivity index (χ4v) is 2.11. The number of hydrogen-bond acceptors (Lipinski definition) is 3. The first-order valence-electron chi connectivity index (χ1n) is 6.48. The Kier molecular flexibility index (Phi) is 4.41. The summed E-state index contributed by atoms with van der Waals surface area (Å²) < 4.78 is 7.36. The van der Waals surface area contributed by atoms with Gasteiger partial charge < -0.3 is 8.98 Å². The van der Waals surface area contributed by atoms with Crippen molar-refractivity contribution in [3.8, 4) is 0 Å². The first kappa shape index (κ1) is 13.4. The fourth-order valence-electron chi connectivity index (χ4n) is 2.11. The number of aromatic nitrogens is 1. The minimum Gasteiger partial charge on any atom is -0.469 e. The Hall–Kier alpha value is -2.01. The number of carbonyl (C=O) groups is 1. The molecule has 0 fully saturated rings. The molecule has 0 atom stereocenters. The Morgan fingerprint density at radius 1 is 1.42 bits per heavy atom. The van der Waals surface area contributed by atoms with Crippen molar-refractivity contribution in [2.45, 2.75) is 32.7 Å². The summed E-state index contributed by atoms with van der Waals surface area (Å²) in [6, 6.07) is 7.54. The molecule has 0 aliphatic heterocycles. The van der Waals surface area contributed by atoms with Crippen LogP contribution in [0.5, 0.6) is 0 Å². The van der Waals surface area contributed by atoms with Crippen LogP contribution >= 0.6 is 0 Å². The third-order valence-corrected chi connectivity index (χ3v) is 3.11. The zero-order valence-electron chi connectivity index (χ0n) is 11.1. The second kappa shape index (κ2) is 6.24. The lowest BCUT2D eigenvalue weighted by molar-refractivity contribution is 0.0943. The molecule has 19 heavy (non-hydrogen) atoms. The normalized spacial score (nSPS) is 10.6. The molecule has 0 saturated heterocycles. The second-order valence-corrected chi connectivity index (χ2v) is 4.44. The van der Waals surface area contributed by atoms with E-state index < -0.39 is 0 Å². The van der Waals surface area contributed by atoms with E-state index in [-0.39, 0.29) is 5.91 Å². The van der Waals surface area contributed by atoms with Gasteiger partial charge in [-0.3, -0.25) is 10.2 Å². The zero-order chi connectivity index (χ0) is 13.7. The van der Waals surface area contributed by atoms with Crippen LogP contribution in [0.15, 0.2) is 34.9 Å². The predicted octanol–water partition coefficient (Wildman–Crippen LogP) is 2.08. The summed E-state index contributed by atoms with van der Waals surface area (Å²) >= 11 is 0. The van der Waals surface area contributed by atoms with E-state index in [1.807, 2.05) is 22.8 Å². The van der Waals surface area contributed by atoms with Gasteiger partial charge >= 0.3 is 0 Å². The van der Waals surface area contributed by atoms with Gasteiger partial charge in [-0.05, 0) is 30.7 Å². The molecule has 0 radical (unpaired) electrons. The molecule has 0 aliphatic rings. The fraction of sp³-hybridized carbons (Fsp3) is 0.357. The topological polar surface area (TPSA) is 73.2 Å². The smallest absolute Gasteiger partial charge is 0.281 e. The predicted molar refractivity (Wildman–Crippen MR) is 72.5 cm³/mol. The first-order chi connectivity index (χ1) is 9.26. The van der Waals surface area contributed by atoms with Gasteiger partial charge in [0.15, 0.2) is 0 Å². The maximum atomic E-state index is 11.7. The minimum absolute atomic E-state index is 0.262. The summed E-state index contributed by atoms with van der Waals surface area (Å²) in [5.74, 6) is 5.84. The van der Waals surface area contributed by atoms with Crippen molar-refractivity contribution in [1.82, 2.24) is 9.99 Å². The van der Waals surface area contributed by atoms with Gasteiger partial charge in [-0.25, -0.2) is 5.84 Å². The van der Waals surface area contributed by atoms with Gasteiger partial charge in [0.05, 0.1) is 6.26 Å². The lowest BCUT2D eigenvalue weighted by Gasteiger charge is -2.11. The Labute approximate surface area is 112 Å². The highest BCUT2D eigenvalue weighted by Crippen LogP contribution is 2.16. The number of unbranched alkanes of at least 4 members (excludes halogenated alkanes) is 1. The Bertz CT molecular complexity index is 529. The van der Waals surface area contributed by atoms with Gasteiger partial charge in [-0.1, -0.05) is 13.3 Å². The lowest BCUT2D eigenvalue weighted by atomic mass is 10.2. The number of nitrogens with two attached hydrogens (primary N) is 1. The molecule has 0 bridgehead atoms. The molecular weight excluding hydrogens is 242 g/mol. The molecule has 0 aliphatic carbocycles. The molecule has 0 unspecified atom stereocenters. The molecule has 2 rings (SSSR count). The van der Waals surface area contributed by atoms with E-state index in [4.69, 9.17) is 10.3 Å². The van der Waals surface area contributed by atoms with Gasteiger partial charge in [-0.2, -0.15) is 0 Å². The van der Waals surface area contributed by atoms with Crippen molar-refractivity contribution in [2.75, 3.05) is 0 Å². The molecular formula is C14H19N3O2. The number of nitrogens with zero attached hydrogens (tertiary/aromatic N) is 1. The molecule has 5 heteroatoms. The summed E-state index contributed by atoms with van der Waals surface area (Å²) in [7, 11) is 0. The summed E-state index contributed by atoms with van der Waals surface area (Å²) in [6.45, 7) is 2.93. The molecule has 3 N–H and O–H groups in total. The van der Waals surface area contributed by atoms with Crippen LogP contribution in [0.2, 0.25) is 0 Å². The van der Waals surface area contributed by atoms with Crippen LogP contribution in [0.1, 0.15) is 41.7 Å². The molecule has 102 valence electrons. The molecule has 0 saturated carbocycles. The maximum Gasteiger partial charge on any atom is 0.281 e. The Morgan fingerprint density at radius 2 is 2.26 bits per heavy atom. The van der Waals surface area contributed by atoms with Crippen molar-refractivity contribution in [3.05, 3.63) is 47.7 Å². The maximum absolute atomic E-state index is 11.7. The molecule has 1 amide bonds. The monoisotopic (exact) mass is 261 g/mol. The molecule has 0 spiro atoms. The van der Waals surface area contributed by atoms with Crippen LogP contribution in [-0.4, -0.2) is 10.5 Å². The summed E-state index contributed by atoms with van der Waals surface area (Å²) in [5.41, 5.74) is 3.84. The van der Waals surface area contributed by atoms with Gasteiger partial charge in [0, 0.05) is 18.7 Å². The number of furan rings is 1. The largest absolute Gasteiger partial charge is 0.469 e. The third-order valence-electron chi connectivity index (χ3n) is 3.11. The zero-order valence-corrected chi connectivity index (χ0v) is 11.1. The Morgan fingerprint density at radius 3 is 2.89 bits per heavy atom. The summed E-state index contributed by atoms with van der Waals surface area (Å²) in [5, 5.41) is 0. The number of amides is 1. The van der Waals surface area contributed by atoms with Crippen molar-refractivity contribution >= 4 is 5.91 Å². The van der Waals surface area contributed by atoms with Crippen LogP contribution in [0.3, 0.4) is 0 Å². The van der Waals surface area contributed by atoms with Crippen molar-refractivity contribution in [1.29, 1.82) is 0 Å². The number of hydrogen-bond donors (Lipinski definition) is 2. The van der Waals surface area contributed by atoms with Crippen LogP contribution in [0.4, 0.5) is 0 Å². The van der Waals surface area contributed by atoms with Gasteiger partial charge in [0.25, 0.3) is 5.91 Å². The molecule has 2 heterocycles. The quantitative estimate of drug-likeness (QED) is 0.475. The van der Waals surface area contributed by atoms with E-state index in [0.717, 1.165) is 30.8 Å². The Balaban J connectivity index is 2.26. The van der Waals surface area contributed by atoms with E-state index in [1.165, 1.54) is 0 Å². The highest BCUT2D eigenvalue weighted by Gasteiger charge is 2.14. The third kappa shape index (κ3) is 3.06. The second-order valence-electron chi connectivity index (χ2n) is 4.44. The van der Waals surface area contributed by atoms with Gasteiger partial charge in [-0.15, -0.1) is 0 Å². The van der Waals surface area contributed by atoms with E-state index >= 15 is 0 Å². The van der Waals surface area contributed by atoms with E-state index in [0.29, 0.717) is 12.1 Å². The standard InChI is InChI=1S/C14H19N3O2/c1-2-3-8-17-11(10-12-5-4-9-19-12)6-7-13(17)14(18)16-15/h4-7,9H,2-3,8,10,15H2,1H3,(H,16,18). The molecule has 5 nitrogen and oxygen atoms in total. The van der Waals surface area contributed by atoms with E-state index in [2.05, 4.69) is 12.3 Å². The number of nitrogen functional groups attached to an aromatic ring is 1. The van der Waals surface area contributed by atoms with E-state index in [9.17, 15) is 4.79 Å². The van der Waals surface area contributed by atoms with Crippen molar-refractivity contribution in [2.24, 2.45) is 5.84 Å². The van der Waals surface area contributed by atoms with Crippen LogP contribution in [0, 0.1) is 0 Å². The molecule has 2 aromatic heterocycles. The van der Waals surface area contributed by atoms with Crippen molar-refractivity contribution in [3.63, 3.8) is 0 Å². The van der Waals surface area contributed by atoms with Crippen LogP contribution < -0.4 is 11.3 Å². The lowest BCUT2D eigenvalue weighted by Crippen LogP contribution is -2.32. The summed E-state index contributed by atoms with van der Waals surface area (Å²) in [6.07, 6.45) is 4.42. The number of rotatable bonds is 6. The van der Waals surface area contributed by atoms with Crippen LogP contribution in [0.25, 0.3) is 0 Å². The number of hydrazine groups is 1. The highest BCUT2D eigenvalue weighted by atomic mass is 16.3. The molecule has 0 aromatic carbocycles. The van der Waals surface area contributed by atoms with E-state index in [1.54, 1.807) is 12.3 Å². The van der Waals surface area contributed by atoms with Gasteiger partial charge in [0.1, 0.15) is 11.5 Å². The number of carbonyl (C=O) groups excluding carboxylic acids is 1. The summed E-state index contributed by atoms with van der Waals surface area (Å²) in [4.78, 5) is 11.7. The highest BCUT2D eigenvalue weighted by molar-refractivity contribution is 5.92. The average Bonchev–Trinajstić information content (AvgIpc) is 3.06. The first-order valence-corrected chi connectivity index (χ1v) is 6.48. The molecule has 2 aromatic rings. The van der Waals surface area contributed by atoms with Crippen molar-refractivity contribution < 1.29 is 9.21 Å². The van der Waals surface area contributed by atoms with Crippen LogP contribution in [-0.2, 0) is 13.0 Å². The SMILES string of the molecule is CCCCn1c(Cc2ccco2)ccc1C(=O)NN.